The van der Waals surface area contributed by atoms with Crippen LogP contribution in [0.3, 0.4) is 0 Å². The number of ether oxygens (including phenoxy) is 1. The van der Waals surface area contributed by atoms with Crippen LogP contribution in [-0.2, 0) is 5.41 Å². The summed E-state index contributed by atoms with van der Waals surface area (Å²) >= 11 is 0. The van der Waals surface area contributed by atoms with Crippen molar-refractivity contribution in [1.29, 1.82) is 5.26 Å². The molecule has 0 radical (unpaired) electrons. The lowest BCUT2D eigenvalue weighted by atomic mass is 9.96. The molecule has 0 amide bonds. The van der Waals surface area contributed by atoms with Gasteiger partial charge in [-0.15, -0.1) is 0 Å². The first-order chi connectivity index (χ1) is 7.57. The second kappa shape index (κ2) is 3.75. The molecule has 4 heteroatoms. The maximum Gasteiger partial charge on any atom is 0.387 e. The van der Waals surface area contributed by atoms with Gasteiger partial charge in [-0.3, -0.25) is 0 Å². The highest BCUT2D eigenvalue weighted by Crippen LogP contribution is 2.48. The van der Waals surface area contributed by atoms with Crippen LogP contribution in [0.5, 0.6) is 5.75 Å². The van der Waals surface area contributed by atoms with Gasteiger partial charge in [0.2, 0.25) is 0 Å². The highest BCUT2D eigenvalue weighted by molar-refractivity contribution is 5.45. The monoisotopic (exact) mass is 223 g/mol. The molecule has 1 aromatic rings. The minimum Gasteiger partial charge on any atom is -0.435 e. The van der Waals surface area contributed by atoms with Crippen molar-refractivity contribution in [3.8, 4) is 11.8 Å². The Hall–Kier alpha value is -1.63. The summed E-state index contributed by atoms with van der Waals surface area (Å²) in [6.07, 6.45) is 1.58. The van der Waals surface area contributed by atoms with Crippen LogP contribution in [0.25, 0.3) is 0 Å². The molecule has 0 N–H and O–H groups in total. The van der Waals surface area contributed by atoms with Gasteiger partial charge in [0.15, 0.2) is 0 Å². The second-order valence-corrected chi connectivity index (χ2v) is 4.05. The molecule has 84 valence electrons. The molecule has 2 nitrogen and oxygen atoms in total. The maximum atomic E-state index is 12.1. The Morgan fingerprint density at radius 3 is 2.62 bits per heavy atom. The molecular formula is C12H11F2NO. The summed E-state index contributed by atoms with van der Waals surface area (Å²) in [5, 5.41) is 9.01. The van der Waals surface area contributed by atoms with Gasteiger partial charge in [-0.1, -0.05) is 12.1 Å². The van der Waals surface area contributed by atoms with E-state index in [1.54, 1.807) is 19.1 Å². The molecule has 0 spiro atoms. The number of rotatable bonds is 3. The lowest BCUT2D eigenvalue weighted by Crippen LogP contribution is -2.07. The van der Waals surface area contributed by atoms with Crippen molar-refractivity contribution >= 4 is 0 Å². The van der Waals surface area contributed by atoms with E-state index < -0.39 is 12.0 Å². The molecule has 1 aliphatic carbocycles. The molecule has 1 aromatic carbocycles. The number of hydrogen-bond acceptors (Lipinski definition) is 2. The van der Waals surface area contributed by atoms with Gasteiger partial charge in [-0.2, -0.15) is 14.0 Å². The smallest absolute Gasteiger partial charge is 0.387 e. The van der Waals surface area contributed by atoms with Crippen molar-refractivity contribution in [2.24, 2.45) is 0 Å². The molecule has 0 unspecified atom stereocenters. The standard InChI is InChI=1S/C12H11F2NO/c1-8-2-3-9(12(7-15)4-5-12)6-10(8)16-11(13)14/h2-3,6,11H,4-5H2,1H3. The molecule has 1 aliphatic rings. The van der Waals surface area contributed by atoms with Crippen LogP contribution >= 0.6 is 0 Å². The fourth-order valence-electron chi connectivity index (χ4n) is 1.71. The van der Waals surface area contributed by atoms with Crippen LogP contribution in [0.2, 0.25) is 0 Å². The summed E-state index contributed by atoms with van der Waals surface area (Å²) in [7, 11) is 0. The summed E-state index contributed by atoms with van der Waals surface area (Å²) < 4.78 is 28.7. The molecule has 1 saturated carbocycles. The van der Waals surface area contributed by atoms with E-state index >= 15 is 0 Å². The zero-order valence-electron chi connectivity index (χ0n) is 8.84. The van der Waals surface area contributed by atoms with Crippen molar-refractivity contribution < 1.29 is 13.5 Å². The molecular weight excluding hydrogens is 212 g/mol. The molecule has 2 rings (SSSR count). The average molecular weight is 223 g/mol. The van der Waals surface area contributed by atoms with E-state index in [0.717, 1.165) is 18.4 Å². The predicted molar refractivity (Wildman–Crippen MR) is 54.3 cm³/mol. The number of benzene rings is 1. The summed E-state index contributed by atoms with van der Waals surface area (Å²) in [5.74, 6) is 0.161. The van der Waals surface area contributed by atoms with Gasteiger partial charge in [0, 0.05) is 0 Å². The van der Waals surface area contributed by atoms with E-state index in [-0.39, 0.29) is 5.75 Å². The van der Waals surface area contributed by atoms with Crippen LogP contribution in [0.4, 0.5) is 8.78 Å². The zero-order valence-corrected chi connectivity index (χ0v) is 8.84. The molecule has 0 aromatic heterocycles. The normalized spacial score (nSPS) is 16.9. The lowest BCUT2D eigenvalue weighted by molar-refractivity contribution is -0.0503. The van der Waals surface area contributed by atoms with Crippen LogP contribution < -0.4 is 4.74 Å². The Morgan fingerprint density at radius 1 is 1.44 bits per heavy atom. The van der Waals surface area contributed by atoms with Gasteiger partial charge < -0.3 is 4.74 Å². The number of nitriles is 1. The zero-order chi connectivity index (χ0) is 11.8. The summed E-state index contributed by atoms with van der Waals surface area (Å²) in [4.78, 5) is 0. The van der Waals surface area contributed by atoms with Crippen molar-refractivity contribution in [2.75, 3.05) is 0 Å². The Labute approximate surface area is 92.5 Å². The van der Waals surface area contributed by atoms with Gasteiger partial charge in [-0.05, 0) is 37.0 Å². The van der Waals surface area contributed by atoms with Crippen molar-refractivity contribution in [1.82, 2.24) is 0 Å². The minimum atomic E-state index is -2.83. The third kappa shape index (κ3) is 1.85. The number of halogens is 2. The number of hydrogen-bond donors (Lipinski definition) is 0. The molecule has 0 heterocycles. The summed E-state index contributed by atoms with van der Waals surface area (Å²) in [6.45, 7) is -1.13. The summed E-state index contributed by atoms with van der Waals surface area (Å²) in [6, 6.07) is 7.30. The predicted octanol–water partition coefficient (Wildman–Crippen LogP) is 3.15. The first kappa shape index (κ1) is 10.9. The number of alkyl halides is 2. The van der Waals surface area contributed by atoms with Gasteiger partial charge >= 0.3 is 6.61 Å². The maximum absolute atomic E-state index is 12.1. The molecule has 0 saturated heterocycles. The van der Waals surface area contributed by atoms with Gasteiger partial charge in [0.1, 0.15) is 5.75 Å². The molecule has 0 bridgehead atoms. The largest absolute Gasteiger partial charge is 0.435 e. The van der Waals surface area contributed by atoms with E-state index in [0.29, 0.717) is 5.56 Å². The lowest BCUT2D eigenvalue weighted by Gasteiger charge is -2.12. The number of aryl methyl sites for hydroxylation is 1. The van der Waals surface area contributed by atoms with Crippen molar-refractivity contribution in [3.05, 3.63) is 29.3 Å². The fourth-order valence-corrected chi connectivity index (χ4v) is 1.71. The Bertz CT molecular complexity index is 447. The van der Waals surface area contributed by atoms with E-state index in [4.69, 9.17) is 5.26 Å². The topological polar surface area (TPSA) is 33.0 Å². The van der Waals surface area contributed by atoms with Gasteiger partial charge in [0.25, 0.3) is 0 Å². The van der Waals surface area contributed by atoms with Crippen LogP contribution in [0.15, 0.2) is 18.2 Å². The highest BCUT2D eigenvalue weighted by Gasteiger charge is 2.45. The van der Waals surface area contributed by atoms with E-state index in [1.165, 1.54) is 0 Å². The van der Waals surface area contributed by atoms with Gasteiger partial charge in [0.05, 0.1) is 11.5 Å². The minimum absolute atomic E-state index is 0.161. The molecule has 1 fully saturated rings. The Balaban J connectivity index is 2.33. The van der Waals surface area contributed by atoms with E-state index in [9.17, 15) is 8.78 Å². The first-order valence-electron chi connectivity index (χ1n) is 5.05. The first-order valence-corrected chi connectivity index (χ1v) is 5.05. The van der Waals surface area contributed by atoms with Crippen molar-refractivity contribution in [2.45, 2.75) is 31.8 Å². The fraction of sp³-hybridized carbons (Fsp3) is 0.417. The van der Waals surface area contributed by atoms with Crippen LogP contribution in [-0.4, -0.2) is 6.61 Å². The summed E-state index contributed by atoms with van der Waals surface area (Å²) in [5.41, 5.74) is 0.961. The van der Waals surface area contributed by atoms with Crippen LogP contribution in [0, 0.1) is 18.3 Å². The third-order valence-electron chi connectivity index (χ3n) is 2.92. The SMILES string of the molecule is Cc1ccc(C2(C#N)CC2)cc1OC(F)F. The number of nitrogens with zero attached hydrogens (tertiary/aromatic N) is 1. The van der Waals surface area contributed by atoms with Gasteiger partial charge in [-0.25, -0.2) is 0 Å². The third-order valence-corrected chi connectivity index (χ3v) is 2.92. The average Bonchev–Trinajstić information content (AvgIpc) is 3.01. The van der Waals surface area contributed by atoms with Crippen molar-refractivity contribution in [3.63, 3.8) is 0 Å². The Kier molecular flexibility index (Phi) is 2.55. The van der Waals surface area contributed by atoms with E-state index in [2.05, 4.69) is 10.8 Å². The van der Waals surface area contributed by atoms with Crippen LogP contribution in [0.1, 0.15) is 24.0 Å². The Morgan fingerprint density at radius 2 is 2.12 bits per heavy atom. The quantitative estimate of drug-likeness (QED) is 0.788. The second-order valence-electron chi connectivity index (χ2n) is 4.05. The molecule has 0 aliphatic heterocycles. The van der Waals surface area contributed by atoms with E-state index in [1.807, 2.05) is 6.07 Å². The molecule has 0 atom stereocenters. The highest BCUT2D eigenvalue weighted by atomic mass is 19.3. The molecule has 16 heavy (non-hydrogen) atoms.